The number of nitrogens with one attached hydrogen (secondary N) is 2. The van der Waals surface area contributed by atoms with E-state index in [-0.39, 0.29) is 12.1 Å². The molecule has 43 heavy (non-hydrogen) atoms. The van der Waals surface area contributed by atoms with Crippen molar-refractivity contribution in [3.8, 4) is 11.1 Å². The molecule has 4 aromatic carbocycles. The Morgan fingerprint density at radius 2 is 1.51 bits per heavy atom. The van der Waals surface area contributed by atoms with Gasteiger partial charge in [0.25, 0.3) is 0 Å². The maximum atomic E-state index is 15.2. The third-order valence-electron chi connectivity index (χ3n) is 9.36. The molecule has 6 nitrogen and oxygen atoms in total. The number of anilines is 4. The molecule has 2 N–H and O–H groups in total. The summed E-state index contributed by atoms with van der Waals surface area (Å²) in [6.07, 6.45) is 5.81. The summed E-state index contributed by atoms with van der Waals surface area (Å²) in [5, 5.41) is 22.4. The molecule has 1 saturated heterocycles. The monoisotopic (exact) mass is 565 g/mol. The minimum Gasteiger partial charge on any atom is -0.621 e. The number of quaternary nitrogens is 1. The van der Waals surface area contributed by atoms with E-state index in [0.717, 1.165) is 95.3 Å². The summed E-state index contributed by atoms with van der Waals surface area (Å²) in [5.41, 5.74) is 10.5. The fourth-order valence-corrected chi connectivity index (χ4v) is 7.38. The SMILES string of the molecule is [O-][N+]1(c2ccc(-c3ccnc4c3NCCC4)cc2)c2ccc(N(c3ccccc3)c3ccccc3)cc2C2CCCNC21. The first kappa shape index (κ1) is 26.2. The Hall–Kier alpha value is -4.49. The van der Waals surface area contributed by atoms with E-state index < -0.39 is 4.65 Å². The average Bonchev–Trinajstić information content (AvgIpc) is 3.34. The lowest BCUT2D eigenvalue weighted by molar-refractivity contribution is 0.252. The quantitative estimate of drug-likeness (QED) is 0.165. The van der Waals surface area contributed by atoms with Crippen molar-refractivity contribution in [3.05, 3.63) is 132 Å². The van der Waals surface area contributed by atoms with E-state index in [9.17, 15) is 0 Å². The van der Waals surface area contributed by atoms with Gasteiger partial charge in [0.2, 0.25) is 0 Å². The molecule has 8 rings (SSSR count). The number of rotatable bonds is 5. The smallest absolute Gasteiger partial charge is 0.159 e. The zero-order valence-electron chi connectivity index (χ0n) is 24.1. The Morgan fingerprint density at radius 1 is 0.767 bits per heavy atom. The second kappa shape index (κ2) is 10.7. The minimum absolute atomic E-state index is 0.144. The van der Waals surface area contributed by atoms with Crippen LogP contribution in [-0.2, 0) is 6.42 Å². The maximum Gasteiger partial charge on any atom is 0.159 e. The summed E-state index contributed by atoms with van der Waals surface area (Å²) in [6.45, 7) is 1.82. The van der Waals surface area contributed by atoms with Crippen LogP contribution in [0.3, 0.4) is 0 Å². The molecule has 3 aliphatic heterocycles. The van der Waals surface area contributed by atoms with Crippen LogP contribution in [0.2, 0.25) is 0 Å². The number of piperidine rings is 1. The molecule has 0 aliphatic carbocycles. The number of hydrogen-bond donors (Lipinski definition) is 2. The Kier molecular flexibility index (Phi) is 6.48. The highest BCUT2D eigenvalue weighted by atomic mass is 16.6. The number of para-hydroxylation sites is 2. The lowest BCUT2D eigenvalue weighted by Gasteiger charge is -2.46. The number of nitrogens with zero attached hydrogens (tertiary/aromatic N) is 3. The van der Waals surface area contributed by atoms with Crippen molar-refractivity contribution in [2.45, 2.75) is 37.8 Å². The Balaban J connectivity index is 1.21. The highest BCUT2D eigenvalue weighted by Crippen LogP contribution is 2.54. The summed E-state index contributed by atoms with van der Waals surface area (Å²) in [6, 6.07) is 37.7. The van der Waals surface area contributed by atoms with Crippen molar-refractivity contribution in [2.24, 2.45) is 0 Å². The Morgan fingerprint density at radius 3 is 2.26 bits per heavy atom. The van der Waals surface area contributed by atoms with Gasteiger partial charge in [0.05, 0.1) is 17.3 Å². The van der Waals surface area contributed by atoms with Crippen LogP contribution in [0.25, 0.3) is 11.1 Å². The summed E-state index contributed by atoms with van der Waals surface area (Å²) in [4.78, 5) is 6.88. The number of hydrogen-bond acceptors (Lipinski definition) is 5. The third kappa shape index (κ3) is 4.33. The second-order valence-corrected chi connectivity index (χ2v) is 11.8. The standard InChI is InChI=1S/C37H35N5O/c43-42(30-18-15-26(16-19-30)31-21-24-38-34-14-8-22-39-36(31)34)35-20-17-29(25-33(35)32-13-7-23-40-37(32)42)41(27-9-3-1-4-10-27)28-11-5-2-6-12-28/h1-6,9-12,15-21,24-25,32,37,39-40H,7-8,13-14,22-23H2. The fourth-order valence-electron chi connectivity index (χ4n) is 7.38. The van der Waals surface area contributed by atoms with Crippen LogP contribution in [-0.4, -0.2) is 24.2 Å². The summed E-state index contributed by atoms with van der Waals surface area (Å²) < 4.78 is -0.482. The van der Waals surface area contributed by atoms with Gasteiger partial charge in [-0.1, -0.05) is 36.4 Å². The molecule has 3 unspecified atom stereocenters. The zero-order chi connectivity index (χ0) is 28.8. The van der Waals surface area contributed by atoms with Crippen molar-refractivity contribution >= 4 is 34.1 Å². The van der Waals surface area contributed by atoms with Gasteiger partial charge in [-0.25, -0.2) is 0 Å². The fraction of sp³-hybridized carbons (Fsp3) is 0.216. The van der Waals surface area contributed by atoms with E-state index in [4.69, 9.17) is 0 Å². The number of hydroxylamine groups is 1. The van der Waals surface area contributed by atoms with Crippen LogP contribution in [0.5, 0.6) is 0 Å². The van der Waals surface area contributed by atoms with Crippen LogP contribution in [0.15, 0.2) is 115 Å². The van der Waals surface area contributed by atoms with Gasteiger partial charge in [-0.15, -0.1) is 0 Å². The van der Waals surface area contributed by atoms with Gasteiger partial charge in [-0.3, -0.25) is 14.9 Å². The molecule has 1 aromatic heterocycles. The summed E-state index contributed by atoms with van der Waals surface area (Å²) >= 11 is 0. The van der Waals surface area contributed by atoms with Crippen molar-refractivity contribution in [3.63, 3.8) is 0 Å². The lowest BCUT2D eigenvalue weighted by Crippen LogP contribution is -2.56. The van der Waals surface area contributed by atoms with Gasteiger partial charge < -0.3 is 15.4 Å². The minimum atomic E-state index is -0.482. The van der Waals surface area contributed by atoms with Gasteiger partial charge in [0.1, 0.15) is 11.4 Å². The molecule has 0 radical (unpaired) electrons. The number of fused-ring (bicyclic) bond motifs is 4. The van der Waals surface area contributed by atoms with Crippen molar-refractivity contribution in [1.82, 2.24) is 14.9 Å². The topological polar surface area (TPSA) is 63.3 Å². The van der Waals surface area contributed by atoms with Gasteiger partial charge in [-0.05, 0) is 85.8 Å². The molecule has 214 valence electrons. The van der Waals surface area contributed by atoms with Gasteiger partial charge in [0.15, 0.2) is 6.17 Å². The molecule has 3 aliphatic rings. The lowest BCUT2D eigenvalue weighted by atomic mass is 9.91. The van der Waals surface area contributed by atoms with Crippen molar-refractivity contribution < 1.29 is 0 Å². The molecular weight excluding hydrogens is 530 g/mol. The molecule has 1 fully saturated rings. The average molecular weight is 566 g/mol. The predicted octanol–water partition coefficient (Wildman–Crippen LogP) is 8.52. The maximum absolute atomic E-state index is 15.2. The third-order valence-corrected chi connectivity index (χ3v) is 9.36. The van der Waals surface area contributed by atoms with Crippen molar-refractivity contribution in [1.29, 1.82) is 0 Å². The number of benzene rings is 4. The molecule has 0 saturated carbocycles. The molecule has 0 bridgehead atoms. The highest BCUT2D eigenvalue weighted by molar-refractivity contribution is 5.83. The van der Waals surface area contributed by atoms with Crippen LogP contribution in [0.4, 0.5) is 34.1 Å². The van der Waals surface area contributed by atoms with Crippen LogP contribution in [0.1, 0.15) is 36.4 Å². The first-order chi connectivity index (χ1) is 21.2. The molecule has 6 heteroatoms. The van der Waals surface area contributed by atoms with E-state index in [0.29, 0.717) is 0 Å². The van der Waals surface area contributed by atoms with Crippen molar-refractivity contribution in [2.75, 3.05) is 23.3 Å². The molecule has 0 spiro atoms. The number of pyridine rings is 1. The number of aromatic nitrogens is 1. The molecule has 0 amide bonds. The summed E-state index contributed by atoms with van der Waals surface area (Å²) in [5.74, 6) is 0.144. The predicted molar refractivity (Wildman–Crippen MR) is 176 cm³/mol. The van der Waals surface area contributed by atoms with E-state index in [1.807, 2.05) is 30.5 Å². The van der Waals surface area contributed by atoms with Gasteiger partial charge >= 0.3 is 0 Å². The van der Waals surface area contributed by atoms with Crippen LogP contribution in [0, 0.1) is 5.21 Å². The van der Waals surface area contributed by atoms with Crippen LogP contribution < -0.4 is 20.2 Å². The van der Waals surface area contributed by atoms with Crippen LogP contribution >= 0.6 is 0 Å². The van der Waals surface area contributed by atoms with E-state index in [1.165, 1.54) is 0 Å². The normalized spacial score (nSPS) is 22.2. The summed E-state index contributed by atoms with van der Waals surface area (Å²) in [7, 11) is 0. The molecular formula is C37H35N5O. The zero-order valence-corrected chi connectivity index (χ0v) is 24.1. The first-order valence-corrected chi connectivity index (χ1v) is 15.4. The Labute approximate surface area is 252 Å². The van der Waals surface area contributed by atoms with E-state index in [1.54, 1.807) is 0 Å². The highest BCUT2D eigenvalue weighted by Gasteiger charge is 2.50. The van der Waals surface area contributed by atoms with Gasteiger partial charge in [0, 0.05) is 65.7 Å². The Bertz CT molecular complexity index is 1720. The number of aryl methyl sites for hydroxylation is 1. The van der Waals surface area contributed by atoms with E-state index in [2.05, 4.69) is 105 Å². The van der Waals surface area contributed by atoms with E-state index >= 15 is 5.21 Å². The largest absolute Gasteiger partial charge is 0.621 e. The second-order valence-electron chi connectivity index (χ2n) is 11.8. The first-order valence-electron chi connectivity index (χ1n) is 15.4. The molecule has 4 heterocycles. The molecule has 5 aromatic rings. The van der Waals surface area contributed by atoms with Gasteiger partial charge in [-0.2, -0.15) is 0 Å². The molecule has 3 atom stereocenters.